The molecule has 0 saturated heterocycles. The van der Waals surface area contributed by atoms with E-state index in [1.165, 1.54) is 0 Å². The first-order valence-electron chi connectivity index (χ1n) is 3.69. The Morgan fingerprint density at radius 1 is 0.700 bits per heavy atom. The van der Waals surface area contributed by atoms with E-state index in [-0.39, 0.29) is 0 Å². The van der Waals surface area contributed by atoms with E-state index in [1.54, 1.807) is 0 Å². The van der Waals surface area contributed by atoms with Gasteiger partial charge in [0.15, 0.2) is 0 Å². The zero-order chi connectivity index (χ0) is 9.00. The lowest BCUT2D eigenvalue weighted by Gasteiger charge is -2.01. The van der Waals surface area contributed by atoms with Crippen molar-refractivity contribution in [1.82, 2.24) is 0 Å². The van der Waals surface area contributed by atoms with Gasteiger partial charge in [-0.2, -0.15) is 11.1 Å². The van der Waals surface area contributed by atoms with E-state index < -0.39 is 15.5 Å². The summed E-state index contributed by atoms with van der Waals surface area (Å²) < 4.78 is 0. The highest BCUT2D eigenvalue weighted by Gasteiger charge is 2.04. The van der Waals surface area contributed by atoms with Crippen LogP contribution in [0.4, 0.5) is 0 Å². The van der Waals surface area contributed by atoms with Gasteiger partial charge in [-0.1, -0.05) is 45.8 Å². The van der Waals surface area contributed by atoms with Crippen LogP contribution in [0.15, 0.2) is 0 Å². The average molecular weight is 197 g/mol. The second kappa shape index (κ2) is 4.57. The summed E-state index contributed by atoms with van der Waals surface area (Å²) in [6, 6.07) is 0. The van der Waals surface area contributed by atoms with Crippen molar-refractivity contribution in [1.29, 1.82) is 0 Å². The summed E-state index contributed by atoms with van der Waals surface area (Å²) >= 11 is 5.67. The summed E-state index contributed by atoms with van der Waals surface area (Å²) in [6.45, 7) is 15.6. The normalized spacial score (nSPS) is 12.0. The van der Waals surface area contributed by atoms with Gasteiger partial charge in [0.1, 0.15) is 7.38 Å². The van der Waals surface area contributed by atoms with Gasteiger partial charge in [0.2, 0.25) is 0 Å². The van der Waals surface area contributed by atoms with Crippen LogP contribution >= 0.6 is 11.1 Å². The monoisotopic (exact) mass is 196 g/mol. The SMILES string of the molecule is C[Si](C)(C)C.C[Si](C)(C)Cl. The molecule has 0 rings (SSSR count). The van der Waals surface area contributed by atoms with Gasteiger partial charge in [0.05, 0.1) is 0 Å². The standard InChI is InChI=1S/C4H12Si.C3H9ClSi/c2*1-5(2,3)4/h1-4H3;1-3H3. The van der Waals surface area contributed by atoms with Gasteiger partial charge in [-0.25, -0.2) is 0 Å². The van der Waals surface area contributed by atoms with Crippen molar-refractivity contribution >= 4 is 26.5 Å². The predicted molar refractivity (Wildman–Crippen MR) is 58.4 cm³/mol. The third-order valence-electron chi connectivity index (χ3n) is 0. The van der Waals surface area contributed by atoms with E-state index in [2.05, 4.69) is 45.8 Å². The van der Waals surface area contributed by atoms with Crippen molar-refractivity contribution in [2.45, 2.75) is 45.8 Å². The maximum Gasteiger partial charge on any atom is 0.147 e. The van der Waals surface area contributed by atoms with Crippen LogP contribution in [0.25, 0.3) is 0 Å². The maximum absolute atomic E-state index is 5.67. The van der Waals surface area contributed by atoms with Gasteiger partial charge in [-0.15, -0.1) is 0 Å². The molecule has 0 spiro atoms. The summed E-state index contributed by atoms with van der Waals surface area (Å²) in [5.41, 5.74) is 0. The van der Waals surface area contributed by atoms with Crippen molar-refractivity contribution in [2.75, 3.05) is 0 Å². The first-order chi connectivity index (χ1) is 4.00. The van der Waals surface area contributed by atoms with E-state index in [9.17, 15) is 0 Å². The topological polar surface area (TPSA) is 0 Å². The smallest absolute Gasteiger partial charge is 0.147 e. The second-order valence-corrected chi connectivity index (χ2v) is 18.6. The molecule has 0 saturated carbocycles. The van der Waals surface area contributed by atoms with Gasteiger partial charge < -0.3 is 0 Å². The third-order valence-corrected chi connectivity index (χ3v) is 0. The summed E-state index contributed by atoms with van der Waals surface area (Å²) in [6.07, 6.45) is 0. The lowest BCUT2D eigenvalue weighted by atomic mass is 11.8. The Bertz CT molecular complexity index is 54.6. The average Bonchev–Trinajstić information content (AvgIpc) is 1.12. The van der Waals surface area contributed by atoms with Crippen molar-refractivity contribution in [2.24, 2.45) is 0 Å². The first kappa shape index (κ1) is 13.3. The largest absolute Gasteiger partial charge is 0.168 e. The molecule has 0 unspecified atom stereocenters. The van der Waals surface area contributed by atoms with E-state index in [0.29, 0.717) is 0 Å². The summed E-state index contributed by atoms with van der Waals surface area (Å²) in [4.78, 5) is 0. The lowest BCUT2D eigenvalue weighted by Crippen LogP contribution is -2.10. The van der Waals surface area contributed by atoms with Crippen LogP contribution < -0.4 is 0 Å². The van der Waals surface area contributed by atoms with Crippen molar-refractivity contribution in [3.8, 4) is 0 Å². The molecule has 0 N–H and O–H groups in total. The van der Waals surface area contributed by atoms with Crippen molar-refractivity contribution in [3.63, 3.8) is 0 Å². The number of halogens is 1. The molecule has 0 atom stereocenters. The van der Waals surface area contributed by atoms with Crippen LogP contribution in [0, 0.1) is 0 Å². The number of rotatable bonds is 0. The Hall–Kier alpha value is 0.724. The molecule has 0 aromatic heterocycles. The fourth-order valence-electron chi connectivity index (χ4n) is 0. The Morgan fingerprint density at radius 2 is 0.700 bits per heavy atom. The molecule has 0 aliphatic carbocycles. The van der Waals surface area contributed by atoms with Gasteiger partial charge >= 0.3 is 0 Å². The van der Waals surface area contributed by atoms with Gasteiger partial charge in [-0.05, 0) is 0 Å². The molecule has 0 bridgehead atoms. The molecule has 0 amide bonds. The highest BCUT2D eigenvalue weighted by Crippen LogP contribution is 2.03. The molecule has 0 aliphatic heterocycles. The molecule has 0 aromatic rings. The number of hydrogen-bond acceptors (Lipinski definition) is 0. The Balaban J connectivity index is 0. The molecule has 10 heavy (non-hydrogen) atoms. The minimum atomic E-state index is -1.14. The van der Waals surface area contributed by atoms with Crippen molar-refractivity contribution in [3.05, 3.63) is 0 Å². The zero-order valence-electron chi connectivity index (χ0n) is 8.38. The van der Waals surface area contributed by atoms with E-state index in [4.69, 9.17) is 11.1 Å². The summed E-state index contributed by atoms with van der Waals surface area (Å²) in [5, 5.41) is 0. The van der Waals surface area contributed by atoms with Crippen molar-refractivity contribution < 1.29 is 0 Å². The zero-order valence-corrected chi connectivity index (χ0v) is 11.1. The molecule has 64 valence electrons. The molecule has 0 aliphatic rings. The molecule has 0 radical (unpaired) electrons. The fourth-order valence-corrected chi connectivity index (χ4v) is 0. The van der Waals surface area contributed by atoms with Gasteiger partial charge in [0, 0.05) is 8.07 Å². The van der Waals surface area contributed by atoms with E-state index in [1.807, 2.05) is 0 Å². The van der Waals surface area contributed by atoms with Crippen LogP contribution in [0.3, 0.4) is 0 Å². The van der Waals surface area contributed by atoms with Crippen LogP contribution in [0.2, 0.25) is 45.8 Å². The molecular formula is C7H21ClSi2. The predicted octanol–water partition coefficient (Wildman–Crippen LogP) is 4.01. The Kier molecular flexibility index (Phi) is 6.09. The summed E-state index contributed by atoms with van der Waals surface area (Å²) in [7, 11) is -1.75. The van der Waals surface area contributed by atoms with Crippen LogP contribution in [-0.4, -0.2) is 15.5 Å². The highest BCUT2D eigenvalue weighted by molar-refractivity contribution is 7.18. The number of hydrogen-bond donors (Lipinski definition) is 0. The maximum atomic E-state index is 5.67. The van der Waals surface area contributed by atoms with Crippen LogP contribution in [-0.2, 0) is 0 Å². The highest BCUT2D eigenvalue weighted by atomic mass is 35.6. The van der Waals surface area contributed by atoms with Gasteiger partial charge in [0.25, 0.3) is 0 Å². The molecule has 0 nitrogen and oxygen atoms in total. The summed E-state index contributed by atoms with van der Waals surface area (Å²) in [5.74, 6) is 0. The first-order valence-corrected chi connectivity index (χ1v) is 12.2. The van der Waals surface area contributed by atoms with E-state index in [0.717, 1.165) is 0 Å². The molecule has 0 fully saturated rings. The fraction of sp³-hybridized carbons (Fsp3) is 1.00. The minimum absolute atomic E-state index is 0.611. The van der Waals surface area contributed by atoms with Crippen LogP contribution in [0.5, 0.6) is 0 Å². The second-order valence-electron chi connectivity index (χ2n) is 5.07. The minimum Gasteiger partial charge on any atom is -0.168 e. The lowest BCUT2D eigenvalue weighted by molar-refractivity contribution is 1.71. The third kappa shape index (κ3) is 993. The van der Waals surface area contributed by atoms with Gasteiger partial charge in [-0.3, -0.25) is 0 Å². The molecule has 0 heterocycles. The quantitative estimate of drug-likeness (QED) is 0.406. The molecule has 3 heteroatoms. The molecule has 0 aromatic carbocycles. The van der Waals surface area contributed by atoms with E-state index >= 15 is 0 Å². The van der Waals surface area contributed by atoms with Crippen LogP contribution in [0.1, 0.15) is 0 Å². The Morgan fingerprint density at radius 3 is 0.700 bits per heavy atom. The molecular weight excluding hydrogens is 176 g/mol. The Labute approximate surface area is 72.7 Å².